The van der Waals surface area contributed by atoms with Gasteiger partial charge in [0.25, 0.3) is 0 Å². The van der Waals surface area contributed by atoms with Crippen LogP contribution in [0.25, 0.3) is 0 Å². The van der Waals surface area contributed by atoms with Crippen molar-refractivity contribution in [1.82, 2.24) is 4.90 Å². The Balaban J connectivity index is 1.54. The maximum absolute atomic E-state index is 13.3. The summed E-state index contributed by atoms with van der Waals surface area (Å²) in [5.74, 6) is 0. The van der Waals surface area contributed by atoms with Crippen LogP contribution in [0.15, 0.2) is 54.6 Å². The molecule has 3 nitrogen and oxygen atoms in total. The van der Waals surface area contributed by atoms with Crippen LogP contribution in [0.1, 0.15) is 45.3 Å². The SMILES string of the molecule is O=C(Nc1ccccc1Cl)N1CCc2c(sc3c2CCCC3)[C@H]1c1ccccc1. The molecule has 0 fully saturated rings. The number of fused-ring (bicyclic) bond motifs is 3. The molecule has 2 aromatic carbocycles. The number of benzene rings is 2. The Kier molecular flexibility index (Phi) is 5.06. The fraction of sp³-hybridized carbons (Fsp3) is 0.292. The first-order valence-corrected chi connectivity index (χ1v) is 11.4. The zero-order valence-electron chi connectivity index (χ0n) is 16.2. The molecular weight excluding hydrogens is 400 g/mol. The average Bonchev–Trinajstić information content (AvgIpc) is 3.14. The van der Waals surface area contributed by atoms with Crippen molar-refractivity contribution in [2.24, 2.45) is 0 Å². The molecule has 1 aromatic heterocycles. The molecule has 1 aliphatic carbocycles. The van der Waals surface area contributed by atoms with Gasteiger partial charge in [0.15, 0.2) is 0 Å². The van der Waals surface area contributed by atoms with E-state index in [9.17, 15) is 4.79 Å². The Morgan fingerprint density at radius 1 is 0.966 bits per heavy atom. The molecule has 0 unspecified atom stereocenters. The van der Waals surface area contributed by atoms with Crippen LogP contribution < -0.4 is 5.32 Å². The van der Waals surface area contributed by atoms with Crippen molar-refractivity contribution >= 4 is 34.7 Å². The molecule has 0 saturated carbocycles. The highest BCUT2D eigenvalue weighted by atomic mass is 35.5. The number of thiophene rings is 1. The van der Waals surface area contributed by atoms with Crippen LogP contribution in [0.2, 0.25) is 5.02 Å². The van der Waals surface area contributed by atoms with Gasteiger partial charge >= 0.3 is 6.03 Å². The van der Waals surface area contributed by atoms with Gasteiger partial charge in [-0.05, 0) is 60.9 Å². The quantitative estimate of drug-likeness (QED) is 0.505. The van der Waals surface area contributed by atoms with Crippen molar-refractivity contribution in [3.05, 3.63) is 86.1 Å². The highest BCUT2D eigenvalue weighted by molar-refractivity contribution is 7.12. The molecule has 0 spiro atoms. The van der Waals surface area contributed by atoms with Gasteiger partial charge in [-0.3, -0.25) is 0 Å². The molecule has 3 aromatic rings. The van der Waals surface area contributed by atoms with Gasteiger partial charge in [-0.15, -0.1) is 11.3 Å². The van der Waals surface area contributed by atoms with Crippen LogP contribution in [0.5, 0.6) is 0 Å². The van der Waals surface area contributed by atoms with Crippen molar-refractivity contribution in [2.45, 2.75) is 38.1 Å². The van der Waals surface area contributed by atoms with Gasteiger partial charge < -0.3 is 10.2 Å². The van der Waals surface area contributed by atoms with Crippen LogP contribution in [0.4, 0.5) is 10.5 Å². The highest BCUT2D eigenvalue weighted by Crippen LogP contribution is 2.45. The fourth-order valence-electron chi connectivity index (χ4n) is 4.59. The number of anilines is 1. The molecule has 2 aliphatic rings. The summed E-state index contributed by atoms with van der Waals surface area (Å²) in [4.78, 5) is 18.2. The summed E-state index contributed by atoms with van der Waals surface area (Å²) in [5.41, 5.74) is 4.90. The first-order valence-electron chi connectivity index (χ1n) is 10.2. The molecule has 1 aliphatic heterocycles. The lowest BCUT2D eigenvalue weighted by Gasteiger charge is -2.36. The smallest absolute Gasteiger partial charge is 0.312 e. The molecule has 2 amide bonds. The molecule has 0 radical (unpaired) electrons. The number of rotatable bonds is 2. The van der Waals surface area contributed by atoms with Gasteiger partial charge in [0.2, 0.25) is 0 Å². The zero-order chi connectivity index (χ0) is 19.8. The molecule has 148 valence electrons. The normalized spacial score (nSPS) is 18.1. The van der Waals surface area contributed by atoms with Gasteiger partial charge in [0.1, 0.15) is 0 Å². The van der Waals surface area contributed by atoms with E-state index in [2.05, 4.69) is 29.6 Å². The minimum atomic E-state index is -0.0935. The van der Waals surface area contributed by atoms with Gasteiger partial charge in [-0.1, -0.05) is 54.1 Å². The van der Waals surface area contributed by atoms with E-state index in [0.29, 0.717) is 17.3 Å². The zero-order valence-corrected chi connectivity index (χ0v) is 17.7. The van der Waals surface area contributed by atoms with E-state index in [4.69, 9.17) is 11.6 Å². The minimum absolute atomic E-state index is 0.0435. The number of carbonyl (C=O) groups is 1. The summed E-state index contributed by atoms with van der Waals surface area (Å²) in [6.45, 7) is 0.714. The molecule has 1 atom stereocenters. The predicted molar refractivity (Wildman–Crippen MR) is 120 cm³/mol. The van der Waals surface area contributed by atoms with Crippen molar-refractivity contribution < 1.29 is 4.79 Å². The highest BCUT2D eigenvalue weighted by Gasteiger charge is 2.36. The Hall–Kier alpha value is -2.30. The number of carbonyl (C=O) groups excluding carboxylic acids is 1. The summed E-state index contributed by atoms with van der Waals surface area (Å²) in [6, 6.07) is 17.7. The van der Waals surface area contributed by atoms with Crippen molar-refractivity contribution in [1.29, 1.82) is 0 Å². The standard InChI is InChI=1S/C24H23ClN2OS/c25-19-11-5-6-12-20(19)26-24(28)27-15-14-18-17-10-4-7-13-21(17)29-23(18)22(27)16-8-2-1-3-9-16/h1-3,5-6,8-9,11-12,22H,4,7,10,13-15H2,(H,26,28)/t22-/m1/s1. The summed E-state index contributed by atoms with van der Waals surface area (Å²) in [7, 11) is 0. The number of amides is 2. The van der Waals surface area contributed by atoms with Gasteiger partial charge in [0.05, 0.1) is 16.8 Å². The van der Waals surface area contributed by atoms with E-state index < -0.39 is 0 Å². The minimum Gasteiger partial charge on any atom is -0.312 e. The number of urea groups is 1. The fourth-order valence-corrected chi connectivity index (χ4v) is 6.35. The Morgan fingerprint density at radius 3 is 2.55 bits per heavy atom. The molecule has 1 N–H and O–H groups in total. The second-order valence-corrected chi connectivity index (χ2v) is 9.26. The van der Waals surface area contributed by atoms with E-state index in [-0.39, 0.29) is 12.1 Å². The average molecular weight is 423 g/mol. The third-order valence-electron chi connectivity index (χ3n) is 5.97. The summed E-state index contributed by atoms with van der Waals surface area (Å²) in [5, 5.41) is 3.59. The van der Waals surface area contributed by atoms with Gasteiger partial charge in [-0.2, -0.15) is 0 Å². The lowest BCUT2D eigenvalue weighted by Crippen LogP contribution is -2.42. The molecule has 5 heteroatoms. The van der Waals surface area contributed by atoms with E-state index in [1.165, 1.54) is 46.6 Å². The molecule has 5 rings (SSSR count). The number of hydrogen-bond donors (Lipinski definition) is 1. The van der Waals surface area contributed by atoms with Gasteiger partial charge in [-0.25, -0.2) is 4.79 Å². The van der Waals surface area contributed by atoms with Crippen LogP contribution in [0, 0.1) is 0 Å². The van der Waals surface area contributed by atoms with Crippen LogP contribution in [0.3, 0.4) is 0 Å². The van der Waals surface area contributed by atoms with E-state index in [1.807, 2.05) is 40.5 Å². The first kappa shape index (κ1) is 18.7. The van der Waals surface area contributed by atoms with Crippen molar-refractivity contribution in [3.8, 4) is 0 Å². The van der Waals surface area contributed by atoms with Gasteiger partial charge in [0, 0.05) is 16.3 Å². The third-order valence-corrected chi connectivity index (χ3v) is 7.68. The lowest BCUT2D eigenvalue weighted by molar-refractivity contribution is 0.195. The van der Waals surface area contributed by atoms with Crippen LogP contribution in [-0.4, -0.2) is 17.5 Å². The van der Waals surface area contributed by atoms with E-state index in [1.54, 1.807) is 11.6 Å². The monoisotopic (exact) mass is 422 g/mol. The van der Waals surface area contributed by atoms with Crippen molar-refractivity contribution in [2.75, 3.05) is 11.9 Å². The maximum Gasteiger partial charge on any atom is 0.322 e. The molecule has 0 saturated heterocycles. The number of para-hydroxylation sites is 1. The predicted octanol–water partition coefficient (Wildman–Crippen LogP) is 6.46. The maximum atomic E-state index is 13.3. The number of halogens is 1. The summed E-state index contributed by atoms with van der Waals surface area (Å²) >= 11 is 8.20. The molecular formula is C24H23ClN2OS. The Bertz CT molecular complexity index is 1050. The number of nitrogens with one attached hydrogen (secondary N) is 1. The summed E-state index contributed by atoms with van der Waals surface area (Å²) in [6.07, 6.45) is 5.86. The molecule has 29 heavy (non-hydrogen) atoms. The lowest BCUT2D eigenvalue weighted by atomic mass is 9.88. The number of hydrogen-bond acceptors (Lipinski definition) is 2. The number of aryl methyl sites for hydroxylation is 1. The van der Waals surface area contributed by atoms with E-state index >= 15 is 0 Å². The Morgan fingerprint density at radius 2 is 1.72 bits per heavy atom. The van der Waals surface area contributed by atoms with Crippen LogP contribution in [-0.2, 0) is 19.3 Å². The summed E-state index contributed by atoms with van der Waals surface area (Å²) < 4.78 is 0. The first-order chi connectivity index (χ1) is 14.2. The number of nitrogens with zero attached hydrogens (tertiary/aromatic N) is 1. The second kappa shape index (κ2) is 7.85. The second-order valence-electron chi connectivity index (χ2n) is 7.72. The molecule has 2 heterocycles. The molecule has 0 bridgehead atoms. The van der Waals surface area contributed by atoms with Crippen LogP contribution >= 0.6 is 22.9 Å². The Labute approximate surface area is 180 Å². The van der Waals surface area contributed by atoms with E-state index in [0.717, 1.165) is 6.42 Å². The largest absolute Gasteiger partial charge is 0.322 e. The topological polar surface area (TPSA) is 32.3 Å². The van der Waals surface area contributed by atoms with Crippen molar-refractivity contribution in [3.63, 3.8) is 0 Å². The third kappa shape index (κ3) is 3.45.